The van der Waals surface area contributed by atoms with E-state index in [1.54, 1.807) is 0 Å². The van der Waals surface area contributed by atoms with Crippen molar-refractivity contribution in [2.24, 2.45) is 0 Å². The van der Waals surface area contributed by atoms with E-state index >= 15 is 0 Å². The highest BCUT2D eigenvalue weighted by atomic mass is 35.5. The average molecular weight is 309 g/mol. The second-order valence-electron chi connectivity index (χ2n) is 7.31. The number of hydrogen-bond donors (Lipinski definition) is 0. The van der Waals surface area contributed by atoms with Crippen LogP contribution in [0.4, 0.5) is 0 Å². The van der Waals surface area contributed by atoms with Crippen LogP contribution in [0.1, 0.15) is 51.2 Å². The van der Waals surface area contributed by atoms with Gasteiger partial charge in [-0.2, -0.15) is 0 Å². The Morgan fingerprint density at radius 3 is 2.67 bits per heavy atom. The number of aryl methyl sites for hydroxylation is 1. The fraction of sp³-hybridized carbons (Fsp3) is 0.667. The Morgan fingerprint density at radius 1 is 1.33 bits per heavy atom. The van der Waals surface area contributed by atoms with Crippen molar-refractivity contribution in [3.05, 3.63) is 35.4 Å². The molecule has 1 aromatic carbocycles. The number of ether oxygens (including phenoxy) is 2. The van der Waals surface area contributed by atoms with Crippen LogP contribution >= 0.6 is 11.6 Å². The molecule has 0 spiro atoms. The van der Waals surface area contributed by atoms with E-state index in [1.807, 2.05) is 0 Å². The molecule has 3 unspecified atom stereocenters. The van der Waals surface area contributed by atoms with E-state index in [4.69, 9.17) is 21.1 Å². The van der Waals surface area contributed by atoms with Gasteiger partial charge in [0.15, 0.2) is 0 Å². The summed E-state index contributed by atoms with van der Waals surface area (Å²) in [4.78, 5) is -0.356. The van der Waals surface area contributed by atoms with Gasteiger partial charge in [0, 0.05) is 6.42 Å². The highest BCUT2D eigenvalue weighted by molar-refractivity contribution is 6.24. The number of alkyl halides is 1. The summed E-state index contributed by atoms with van der Waals surface area (Å²) in [6.45, 7) is 9.07. The lowest BCUT2D eigenvalue weighted by Crippen LogP contribution is -2.45. The van der Waals surface area contributed by atoms with Gasteiger partial charge in [-0.05, 0) is 51.7 Å². The lowest BCUT2D eigenvalue weighted by Gasteiger charge is -2.37. The smallest absolute Gasteiger partial charge is 0.0925 e. The van der Waals surface area contributed by atoms with Crippen LogP contribution in [-0.2, 0) is 16.1 Å². The van der Waals surface area contributed by atoms with Crippen LogP contribution in [-0.4, -0.2) is 22.2 Å². The lowest BCUT2D eigenvalue weighted by molar-refractivity contribution is -0.0925. The Balaban J connectivity index is 1.72. The number of hydrogen-bond acceptors (Lipinski definition) is 2. The summed E-state index contributed by atoms with van der Waals surface area (Å²) in [7, 11) is 0. The third kappa shape index (κ3) is 2.52. The molecule has 0 radical (unpaired) electrons. The summed E-state index contributed by atoms with van der Waals surface area (Å²) < 4.78 is 12.6. The summed E-state index contributed by atoms with van der Waals surface area (Å²) in [6, 6.07) is 8.38. The van der Waals surface area contributed by atoms with E-state index in [0.717, 1.165) is 19.3 Å². The normalized spacial score (nSPS) is 35.4. The van der Waals surface area contributed by atoms with Crippen LogP contribution in [0.15, 0.2) is 24.3 Å². The van der Waals surface area contributed by atoms with Crippen molar-refractivity contribution in [1.29, 1.82) is 0 Å². The van der Waals surface area contributed by atoms with Crippen LogP contribution in [0, 0.1) is 6.92 Å². The molecular formula is C18H25ClO2. The third-order valence-corrected chi connectivity index (χ3v) is 5.78. The molecule has 2 bridgehead atoms. The largest absolute Gasteiger partial charge is 0.370 e. The molecule has 0 aromatic heterocycles. The fourth-order valence-electron chi connectivity index (χ4n) is 3.74. The van der Waals surface area contributed by atoms with Gasteiger partial charge < -0.3 is 9.47 Å². The number of rotatable bonds is 4. The van der Waals surface area contributed by atoms with Crippen LogP contribution < -0.4 is 0 Å². The predicted molar refractivity (Wildman–Crippen MR) is 85.8 cm³/mol. The zero-order valence-corrected chi connectivity index (χ0v) is 14.2. The predicted octanol–water partition coefficient (Wildman–Crippen LogP) is 4.61. The van der Waals surface area contributed by atoms with Crippen LogP contribution in [0.5, 0.6) is 0 Å². The van der Waals surface area contributed by atoms with E-state index in [-0.39, 0.29) is 22.2 Å². The zero-order chi connectivity index (χ0) is 15.3. The molecular weight excluding hydrogens is 284 g/mol. The van der Waals surface area contributed by atoms with Crippen molar-refractivity contribution in [1.82, 2.24) is 0 Å². The molecule has 3 rings (SSSR count). The molecule has 0 aliphatic carbocycles. The molecule has 3 atom stereocenters. The number of fused-ring (bicyclic) bond motifs is 2. The minimum Gasteiger partial charge on any atom is -0.370 e. The van der Waals surface area contributed by atoms with Crippen molar-refractivity contribution in [3.63, 3.8) is 0 Å². The van der Waals surface area contributed by atoms with Gasteiger partial charge in [0.1, 0.15) is 0 Å². The number of halogens is 1. The third-order valence-electron chi connectivity index (χ3n) is 5.43. The Kier molecular flexibility index (Phi) is 3.63. The van der Waals surface area contributed by atoms with Crippen LogP contribution in [0.2, 0.25) is 0 Å². The maximum atomic E-state index is 6.61. The molecule has 2 heterocycles. The topological polar surface area (TPSA) is 18.5 Å². The van der Waals surface area contributed by atoms with Gasteiger partial charge in [-0.3, -0.25) is 0 Å². The standard InChI is InChI=1S/C18H25ClO2/c1-13-7-5-6-8-14(13)12-20-15-11-18(16(2,3)19)10-9-17(15,4)21-18/h5-8,15H,9-12H2,1-4H3. The van der Waals surface area contributed by atoms with Crippen molar-refractivity contribution in [2.45, 2.75) is 75.7 Å². The van der Waals surface area contributed by atoms with Gasteiger partial charge in [0.25, 0.3) is 0 Å². The van der Waals surface area contributed by atoms with E-state index in [0.29, 0.717) is 6.61 Å². The van der Waals surface area contributed by atoms with E-state index in [2.05, 4.69) is 52.0 Å². The summed E-state index contributed by atoms with van der Waals surface area (Å²) in [5.74, 6) is 0. The highest BCUT2D eigenvalue weighted by Crippen LogP contribution is 2.57. The maximum absolute atomic E-state index is 6.61. The monoisotopic (exact) mass is 308 g/mol. The van der Waals surface area contributed by atoms with Gasteiger partial charge in [0.2, 0.25) is 0 Å². The molecule has 2 nitrogen and oxygen atoms in total. The minimum absolute atomic E-state index is 0.129. The van der Waals surface area contributed by atoms with Gasteiger partial charge in [0.05, 0.1) is 28.8 Å². The summed E-state index contributed by atoms with van der Waals surface area (Å²) >= 11 is 6.61. The first kappa shape index (κ1) is 15.3. The second kappa shape index (κ2) is 4.97. The zero-order valence-electron chi connectivity index (χ0n) is 13.4. The Bertz CT molecular complexity index is 536. The summed E-state index contributed by atoms with van der Waals surface area (Å²) in [6.07, 6.45) is 3.08. The SMILES string of the molecule is Cc1ccccc1COC1CC2(C(C)(C)Cl)CCC1(C)O2. The van der Waals surface area contributed by atoms with Gasteiger partial charge in [-0.1, -0.05) is 24.3 Å². The molecule has 2 aliphatic rings. The molecule has 2 aliphatic heterocycles. The quantitative estimate of drug-likeness (QED) is 0.756. The second-order valence-corrected chi connectivity index (χ2v) is 8.26. The molecule has 3 heteroatoms. The molecule has 2 saturated heterocycles. The van der Waals surface area contributed by atoms with E-state index in [1.165, 1.54) is 11.1 Å². The molecule has 0 amide bonds. The first-order chi connectivity index (χ1) is 9.76. The number of benzene rings is 1. The van der Waals surface area contributed by atoms with Gasteiger partial charge >= 0.3 is 0 Å². The van der Waals surface area contributed by atoms with E-state index in [9.17, 15) is 0 Å². The van der Waals surface area contributed by atoms with Crippen molar-refractivity contribution >= 4 is 11.6 Å². The minimum atomic E-state index is -0.356. The maximum Gasteiger partial charge on any atom is 0.0925 e. The van der Waals surface area contributed by atoms with Crippen molar-refractivity contribution in [3.8, 4) is 0 Å². The van der Waals surface area contributed by atoms with Gasteiger partial charge in [-0.15, -0.1) is 11.6 Å². The molecule has 1 aromatic rings. The summed E-state index contributed by atoms with van der Waals surface area (Å²) in [5, 5.41) is 0. The van der Waals surface area contributed by atoms with Crippen molar-refractivity contribution < 1.29 is 9.47 Å². The molecule has 116 valence electrons. The molecule has 0 saturated carbocycles. The molecule has 2 fully saturated rings. The molecule has 21 heavy (non-hydrogen) atoms. The first-order valence-electron chi connectivity index (χ1n) is 7.81. The molecule has 0 N–H and O–H groups in total. The Hall–Kier alpha value is -0.570. The summed E-state index contributed by atoms with van der Waals surface area (Å²) in [5.41, 5.74) is 2.11. The average Bonchev–Trinajstić information content (AvgIpc) is 2.89. The Morgan fingerprint density at radius 2 is 2.05 bits per heavy atom. The fourth-order valence-corrected chi connectivity index (χ4v) is 3.95. The highest BCUT2D eigenvalue weighted by Gasteiger charge is 2.64. The van der Waals surface area contributed by atoms with Crippen molar-refractivity contribution in [2.75, 3.05) is 0 Å². The van der Waals surface area contributed by atoms with Crippen LogP contribution in [0.3, 0.4) is 0 Å². The van der Waals surface area contributed by atoms with E-state index < -0.39 is 0 Å². The Labute approximate surface area is 132 Å². The van der Waals surface area contributed by atoms with Gasteiger partial charge in [-0.25, -0.2) is 0 Å². The lowest BCUT2D eigenvalue weighted by atomic mass is 9.75. The first-order valence-corrected chi connectivity index (χ1v) is 8.19. The van der Waals surface area contributed by atoms with Crippen LogP contribution in [0.25, 0.3) is 0 Å².